The zero-order valence-corrected chi connectivity index (χ0v) is 14.2. The molecule has 3 aromatic rings. The summed E-state index contributed by atoms with van der Waals surface area (Å²) in [7, 11) is 0. The number of nitrogens with one attached hydrogen (secondary N) is 1. The first kappa shape index (κ1) is 16.9. The molecule has 0 unspecified atom stereocenters. The Labute approximate surface area is 149 Å². The predicted octanol–water partition coefficient (Wildman–Crippen LogP) is 4.72. The smallest absolute Gasteiger partial charge is 0.176 e. The maximum absolute atomic E-state index is 14.2. The number of allylic oxidation sites excluding steroid dienone is 1. The summed E-state index contributed by atoms with van der Waals surface area (Å²) in [5.74, 6) is 0.198. The largest absolute Gasteiger partial charge is 0.339 e. The molecule has 0 saturated carbocycles. The van der Waals surface area contributed by atoms with Crippen LogP contribution in [0.2, 0.25) is 5.02 Å². The van der Waals surface area contributed by atoms with E-state index in [0.29, 0.717) is 33.4 Å². The van der Waals surface area contributed by atoms with Crippen molar-refractivity contribution in [3.63, 3.8) is 0 Å². The van der Waals surface area contributed by atoms with Crippen LogP contribution in [0.3, 0.4) is 0 Å². The number of benzene rings is 1. The fourth-order valence-corrected chi connectivity index (χ4v) is 2.44. The maximum atomic E-state index is 14.2. The van der Waals surface area contributed by atoms with Crippen molar-refractivity contribution in [3.05, 3.63) is 71.9 Å². The third-order valence-electron chi connectivity index (χ3n) is 3.43. The quantitative estimate of drug-likeness (QED) is 0.532. The molecule has 2 aromatic heterocycles. The number of halogens is 2. The molecule has 5 nitrogen and oxygen atoms in total. The lowest BCUT2D eigenvalue weighted by atomic mass is 10.1. The summed E-state index contributed by atoms with van der Waals surface area (Å²) in [6.07, 6.45) is 6.38. The van der Waals surface area contributed by atoms with Crippen LogP contribution in [0.1, 0.15) is 6.92 Å². The Kier molecular flexibility index (Phi) is 4.90. The number of rotatable bonds is 5. The van der Waals surface area contributed by atoms with Crippen LogP contribution in [0.15, 0.2) is 66.1 Å². The number of fused-ring (bicyclic) bond motifs is 1. The van der Waals surface area contributed by atoms with Gasteiger partial charge in [-0.1, -0.05) is 30.3 Å². The van der Waals surface area contributed by atoms with E-state index in [1.807, 2.05) is 6.92 Å². The molecule has 126 valence electrons. The number of hydrogen-bond acceptors (Lipinski definition) is 4. The fraction of sp³-hybridized carbons (Fsp3) is 0.0556. The van der Waals surface area contributed by atoms with Gasteiger partial charge in [0.25, 0.3) is 0 Å². The Morgan fingerprint density at radius 3 is 2.92 bits per heavy atom. The van der Waals surface area contributed by atoms with E-state index in [1.54, 1.807) is 47.3 Å². The van der Waals surface area contributed by atoms with Crippen molar-refractivity contribution in [2.45, 2.75) is 6.92 Å². The molecule has 0 aliphatic rings. The van der Waals surface area contributed by atoms with E-state index in [0.717, 1.165) is 0 Å². The van der Waals surface area contributed by atoms with Crippen molar-refractivity contribution in [1.82, 2.24) is 14.6 Å². The molecule has 0 atom stereocenters. The second kappa shape index (κ2) is 7.27. The van der Waals surface area contributed by atoms with Gasteiger partial charge in [0.2, 0.25) is 0 Å². The van der Waals surface area contributed by atoms with Gasteiger partial charge >= 0.3 is 0 Å². The van der Waals surface area contributed by atoms with Gasteiger partial charge in [-0.25, -0.2) is 9.37 Å². The number of nitrogens with zero attached hydrogens (tertiary/aromatic N) is 4. The summed E-state index contributed by atoms with van der Waals surface area (Å²) >= 11 is 6.17. The number of anilines is 1. The first-order chi connectivity index (χ1) is 12.1. The van der Waals surface area contributed by atoms with E-state index in [-0.39, 0.29) is 5.82 Å². The molecule has 1 aromatic carbocycles. The van der Waals surface area contributed by atoms with Gasteiger partial charge in [-0.05, 0) is 25.1 Å². The van der Waals surface area contributed by atoms with Crippen molar-refractivity contribution in [2.75, 3.05) is 5.32 Å². The molecule has 1 N–H and O–H groups in total. The molecule has 0 amide bonds. The van der Waals surface area contributed by atoms with E-state index in [1.165, 1.54) is 12.3 Å². The van der Waals surface area contributed by atoms with E-state index in [9.17, 15) is 4.39 Å². The summed E-state index contributed by atoms with van der Waals surface area (Å²) in [4.78, 5) is 8.50. The van der Waals surface area contributed by atoms with Gasteiger partial charge in [0.15, 0.2) is 5.65 Å². The molecule has 3 rings (SSSR count). The molecular weight excluding hydrogens is 341 g/mol. The molecule has 0 fully saturated rings. The first-order valence-corrected chi connectivity index (χ1v) is 7.88. The van der Waals surface area contributed by atoms with Gasteiger partial charge in [-0.3, -0.25) is 4.99 Å². The third kappa shape index (κ3) is 3.44. The van der Waals surface area contributed by atoms with Crippen LogP contribution in [0.4, 0.5) is 10.2 Å². The van der Waals surface area contributed by atoms with Crippen molar-refractivity contribution >= 4 is 29.3 Å². The summed E-state index contributed by atoms with van der Waals surface area (Å²) in [6.45, 7) is 5.56. The van der Waals surface area contributed by atoms with Crippen LogP contribution in [0.5, 0.6) is 0 Å². The summed E-state index contributed by atoms with van der Waals surface area (Å²) in [6, 6.07) is 8.12. The third-order valence-corrected chi connectivity index (χ3v) is 3.70. The van der Waals surface area contributed by atoms with Crippen molar-refractivity contribution in [1.29, 1.82) is 0 Å². The highest BCUT2D eigenvalue weighted by molar-refractivity contribution is 6.33. The molecule has 0 spiro atoms. The average molecular weight is 356 g/mol. The van der Waals surface area contributed by atoms with E-state index >= 15 is 0 Å². The van der Waals surface area contributed by atoms with Crippen LogP contribution in [0, 0.1) is 5.82 Å². The Hall–Kier alpha value is -2.99. The molecule has 0 aliphatic carbocycles. The van der Waals surface area contributed by atoms with E-state index in [2.05, 4.69) is 27.0 Å². The monoisotopic (exact) mass is 355 g/mol. The van der Waals surface area contributed by atoms with Gasteiger partial charge in [0.1, 0.15) is 16.7 Å². The van der Waals surface area contributed by atoms with Crippen LogP contribution in [-0.4, -0.2) is 20.8 Å². The minimum Gasteiger partial charge on any atom is -0.339 e. The van der Waals surface area contributed by atoms with Gasteiger partial charge in [0, 0.05) is 24.0 Å². The van der Waals surface area contributed by atoms with Crippen molar-refractivity contribution in [3.8, 4) is 11.3 Å². The van der Waals surface area contributed by atoms with E-state index < -0.39 is 0 Å². The molecule has 7 heteroatoms. The number of aromatic nitrogens is 3. The molecule has 0 saturated heterocycles. The average Bonchev–Trinajstić information content (AvgIpc) is 3.00. The molecule has 0 bridgehead atoms. The van der Waals surface area contributed by atoms with Gasteiger partial charge in [0.05, 0.1) is 17.6 Å². The highest BCUT2D eigenvalue weighted by Crippen LogP contribution is 2.27. The summed E-state index contributed by atoms with van der Waals surface area (Å²) < 4.78 is 15.7. The standard InChI is InChI=1S/C18H15ClFN5/c1-3-12(10-21-4-2)23-17-9-16(13-7-5-6-8-15(13)20)24-18-14(19)11-22-25(17)18/h3-11,23H,1H2,2H3/b12-10+,21-4?. The molecule has 0 aliphatic heterocycles. The van der Waals surface area contributed by atoms with Gasteiger partial charge in [-0.15, -0.1) is 0 Å². The second-order valence-corrected chi connectivity index (χ2v) is 5.46. The molecule has 2 heterocycles. The highest BCUT2D eigenvalue weighted by atomic mass is 35.5. The van der Waals surface area contributed by atoms with Gasteiger partial charge < -0.3 is 5.32 Å². The SMILES string of the molecule is C=C/C(=C\N=CC)Nc1cc(-c2ccccc2F)nc2c(Cl)cnn12. The predicted molar refractivity (Wildman–Crippen MR) is 99.5 cm³/mol. The van der Waals surface area contributed by atoms with Crippen LogP contribution < -0.4 is 5.32 Å². The van der Waals surface area contributed by atoms with Crippen LogP contribution >= 0.6 is 11.6 Å². The Balaban J connectivity index is 2.17. The zero-order chi connectivity index (χ0) is 17.8. The number of hydrogen-bond donors (Lipinski definition) is 1. The zero-order valence-electron chi connectivity index (χ0n) is 13.4. The van der Waals surface area contributed by atoms with Gasteiger partial charge in [-0.2, -0.15) is 9.61 Å². The summed E-state index contributed by atoms with van der Waals surface area (Å²) in [5, 5.41) is 7.74. The lowest BCUT2D eigenvalue weighted by molar-refractivity contribution is 0.630. The van der Waals surface area contributed by atoms with Crippen LogP contribution in [0.25, 0.3) is 16.9 Å². The Morgan fingerprint density at radius 2 is 2.20 bits per heavy atom. The normalized spacial score (nSPS) is 12.0. The Bertz CT molecular complexity index is 990. The van der Waals surface area contributed by atoms with Crippen molar-refractivity contribution in [2.24, 2.45) is 4.99 Å². The maximum Gasteiger partial charge on any atom is 0.176 e. The van der Waals surface area contributed by atoms with Crippen LogP contribution in [-0.2, 0) is 0 Å². The minimum absolute atomic E-state index is 0.365. The van der Waals surface area contributed by atoms with E-state index in [4.69, 9.17) is 11.6 Å². The lowest BCUT2D eigenvalue weighted by Gasteiger charge is -2.11. The summed E-state index contributed by atoms with van der Waals surface area (Å²) in [5.41, 5.74) is 1.89. The fourth-order valence-electron chi connectivity index (χ4n) is 2.27. The Morgan fingerprint density at radius 1 is 1.40 bits per heavy atom. The first-order valence-electron chi connectivity index (χ1n) is 7.50. The number of aliphatic imine (C=N–C) groups is 1. The lowest BCUT2D eigenvalue weighted by Crippen LogP contribution is -2.05. The second-order valence-electron chi connectivity index (χ2n) is 5.06. The highest BCUT2D eigenvalue weighted by Gasteiger charge is 2.14. The molecular formula is C18H15ClFN5. The topological polar surface area (TPSA) is 54.6 Å². The van der Waals surface area contributed by atoms with Crippen molar-refractivity contribution < 1.29 is 4.39 Å². The minimum atomic E-state index is -0.365. The molecule has 25 heavy (non-hydrogen) atoms. The molecule has 0 radical (unpaired) electrons.